The molecule has 4 rings (SSSR count). The van der Waals surface area contributed by atoms with Gasteiger partial charge in [0.25, 0.3) is 5.56 Å². The highest BCUT2D eigenvalue weighted by atomic mass is 16.5. The molecule has 0 aliphatic carbocycles. The van der Waals surface area contributed by atoms with Gasteiger partial charge in [-0.15, -0.1) is 0 Å². The molecule has 2 heterocycles. The molecule has 0 bridgehead atoms. The number of unbranched alkanes of at least 4 members (excludes halogenated alkanes) is 1. The van der Waals surface area contributed by atoms with Crippen LogP contribution in [0.5, 0.6) is 0 Å². The Morgan fingerprint density at radius 3 is 2.14 bits per heavy atom. The van der Waals surface area contributed by atoms with E-state index in [1.54, 1.807) is 17.0 Å². The maximum absolute atomic E-state index is 13.5. The number of para-hydroxylation sites is 2. The van der Waals surface area contributed by atoms with Crippen LogP contribution in [0.15, 0.2) is 41.2 Å². The van der Waals surface area contributed by atoms with Crippen molar-refractivity contribution in [2.24, 2.45) is 0 Å². The van der Waals surface area contributed by atoms with Crippen molar-refractivity contribution < 1.29 is 19.1 Å². The summed E-state index contributed by atoms with van der Waals surface area (Å²) in [5.41, 5.74) is 3.81. The number of hydrogen-bond acceptors (Lipinski definition) is 8. The second-order valence-electron chi connectivity index (χ2n) is 11.7. The fourth-order valence-corrected chi connectivity index (χ4v) is 5.47. The highest BCUT2D eigenvalue weighted by Gasteiger charge is 2.24. The maximum Gasteiger partial charge on any atom is 0.262 e. The van der Waals surface area contributed by atoms with Crippen molar-refractivity contribution in [1.29, 1.82) is 0 Å². The molecule has 1 N–H and O–H groups in total. The zero-order chi connectivity index (χ0) is 31.8. The summed E-state index contributed by atoms with van der Waals surface area (Å²) < 4.78 is 6.58. The van der Waals surface area contributed by atoms with Crippen LogP contribution in [0.4, 0.5) is 5.69 Å². The van der Waals surface area contributed by atoms with Crippen LogP contribution >= 0.6 is 0 Å². The second-order valence-corrected chi connectivity index (χ2v) is 11.7. The zero-order valence-electron chi connectivity index (χ0n) is 26.5. The van der Waals surface area contributed by atoms with Crippen molar-refractivity contribution in [3.05, 3.63) is 69.3 Å². The first-order valence-corrected chi connectivity index (χ1v) is 15.2. The molecule has 0 radical (unpaired) electrons. The van der Waals surface area contributed by atoms with Crippen LogP contribution in [0, 0.1) is 20.8 Å². The summed E-state index contributed by atoms with van der Waals surface area (Å²) in [6.45, 7) is 9.09. The first-order chi connectivity index (χ1) is 21.0. The molecule has 236 valence electrons. The van der Waals surface area contributed by atoms with Crippen LogP contribution in [0.3, 0.4) is 0 Å². The Bertz CT molecular complexity index is 1540. The molecule has 1 aliphatic heterocycles. The van der Waals surface area contributed by atoms with Gasteiger partial charge in [0, 0.05) is 18.8 Å². The Hall–Kier alpha value is -3.93. The number of carbonyl (C=O) groups is 3. The number of amides is 2. The van der Waals surface area contributed by atoms with Gasteiger partial charge in [-0.2, -0.15) is 0 Å². The lowest BCUT2D eigenvalue weighted by molar-refractivity contribution is -0.136. The summed E-state index contributed by atoms with van der Waals surface area (Å²) in [5.74, 6) is -0.605. The van der Waals surface area contributed by atoms with Gasteiger partial charge in [-0.05, 0) is 83.6 Å². The molecule has 1 fully saturated rings. The number of fused-ring (bicyclic) bond motifs is 1. The molecule has 1 aliphatic rings. The number of hydrogen-bond donors (Lipinski definition) is 1. The molecule has 11 nitrogen and oxygen atoms in total. The third-order valence-electron chi connectivity index (χ3n) is 8.00. The van der Waals surface area contributed by atoms with E-state index in [1.807, 2.05) is 68.9 Å². The van der Waals surface area contributed by atoms with Crippen LogP contribution in [-0.2, 0) is 20.9 Å². The molecule has 0 unspecified atom stereocenters. The largest absolute Gasteiger partial charge is 0.378 e. The van der Waals surface area contributed by atoms with Gasteiger partial charge in [0.1, 0.15) is 6.54 Å². The fourth-order valence-electron chi connectivity index (χ4n) is 5.47. The normalized spacial score (nSPS) is 13.6. The lowest BCUT2D eigenvalue weighted by Crippen LogP contribution is -2.44. The molecule has 1 saturated heterocycles. The summed E-state index contributed by atoms with van der Waals surface area (Å²) in [5, 5.41) is 3.41. The van der Waals surface area contributed by atoms with Gasteiger partial charge in [-0.3, -0.25) is 33.5 Å². The van der Waals surface area contributed by atoms with Crippen molar-refractivity contribution in [3.8, 4) is 0 Å². The number of aryl methyl sites for hydroxylation is 3. The summed E-state index contributed by atoms with van der Waals surface area (Å²) in [7, 11) is 3.77. The number of rotatable bonds is 13. The lowest BCUT2D eigenvalue weighted by atomic mass is 10.1. The van der Waals surface area contributed by atoms with Gasteiger partial charge in [0.15, 0.2) is 5.82 Å². The molecule has 1 aromatic heterocycles. The van der Waals surface area contributed by atoms with E-state index in [0.717, 1.165) is 41.8 Å². The third-order valence-corrected chi connectivity index (χ3v) is 8.00. The van der Waals surface area contributed by atoms with E-state index in [0.29, 0.717) is 43.8 Å². The molecule has 2 aromatic carbocycles. The number of aromatic nitrogens is 2. The van der Waals surface area contributed by atoms with Gasteiger partial charge in [-0.1, -0.05) is 30.3 Å². The number of ether oxygens (including phenoxy) is 1. The summed E-state index contributed by atoms with van der Waals surface area (Å²) in [4.78, 5) is 62.9. The molecule has 0 saturated carbocycles. The van der Waals surface area contributed by atoms with E-state index in [-0.39, 0.29) is 43.1 Å². The fraction of sp³-hybridized carbons (Fsp3) is 0.485. The number of carbonyl (C=O) groups excluding carboxylic acids is 3. The number of nitrogens with zero attached hydrogens (tertiary/aromatic N) is 5. The van der Waals surface area contributed by atoms with Crippen molar-refractivity contribution in [2.75, 3.05) is 71.9 Å². The monoisotopic (exact) mass is 604 g/mol. The number of likely N-dealkylation sites (N-methyl/N-ethyl adjacent to an activating group) is 2. The van der Waals surface area contributed by atoms with E-state index in [4.69, 9.17) is 4.74 Å². The van der Waals surface area contributed by atoms with Crippen LogP contribution < -0.4 is 10.9 Å². The summed E-state index contributed by atoms with van der Waals surface area (Å²) in [6.07, 6.45) is 1.66. The quantitative estimate of drug-likeness (QED) is 0.234. The first kappa shape index (κ1) is 33.0. The Kier molecular flexibility index (Phi) is 11.4. The molecule has 0 atom stereocenters. The predicted octanol–water partition coefficient (Wildman–Crippen LogP) is 2.65. The number of Topliss-reactive ketones (excluding diaryl/α,β-unsaturated/α-hetero) is 1. The summed E-state index contributed by atoms with van der Waals surface area (Å²) >= 11 is 0. The second kappa shape index (κ2) is 15.2. The van der Waals surface area contributed by atoms with Crippen LogP contribution in [0.25, 0.3) is 10.9 Å². The van der Waals surface area contributed by atoms with Gasteiger partial charge in [0.05, 0.1) is 37.2 Å². The number of nitrogens with one attached hydrogen (secondary N) is 1. The summed E-state index contributed by atoms with van der Waals surface area (Å²) in [6, 6.07) is 11.2. The van der Waals surface area contributed by atoms with Gasteiger partial charge < -0.3 is 15.0 Å². The third kappa shape index (κ3) is 8.37. The Labute approximate surface area is 258 Å². The molecular weight excluding hydrogens is 560 g/mol. The van der Waals surface area contributed by atoms with E-state index in [2.05, 4.69) is 10.3 Å². The van der Waals surface area contributed by atoms with Crippen molar-refractivity contribution >= 4 is 34.2 Å². The Morgan fingerprint density at radius 2 is 1.48 bits per heavy atom. The number of benzene rings is 2. The Morgan fingerprint density at radius 1 is 0.886 bits per heavy atom. The van der Waals surface area contributed by atoms with Gasteiger partial charge in [-0.25, -0.2) is 4.98 Å². The van der Waals surface area contributed by atoms with Crippen molar-refractivity contribution in [2.45, 2.75) is 40.2 Å². The van der Waals surface area contributed by atoms with E-state index in [9.17, 15) is 19.2 Å². The number of ketones is 1. The molecular formula is C33H44N6O5. The molecule has 3 aromatic rings. The topological polar surface area (TPSA) is 117 Å². The van der Waals surface area contributed by atoms with Crippen LogP contribution in [-0.4, -0.2) is 108 Å². The van der Waals surface area contributed by atoms with E-state index in [1.165, 1.54) is 4.57 Å². The highest BCUT2D eigenvalue weighted by Crippen LogP contribution is 2.19. The minimum Gasteiger partial charge on any atom is -0.378 e. The highest BCUT2D eigenvalue weighted by molar-refractivity contribution is 5.97. The molecule has 0 spiro atoms. The first-order valence-electron chi connectivity index (χ1n) is 15.2. The zero-order valence-corrected chi connectivity index (χ0v) is 26.5. The Balaban J connectivity index is 1.33. The number of anilines is 1. The minimum atomic E-state index is -0.393. The average molecular weight is 605 g/mol. The van der Waals surface area contributed by atoms with E-state index < -0.39 is 5.56 Å². The molecule has 2 amide bonds. The maximum atomic E-state index is 13.5. The molecule has 44 heavy (non-hydrogen) atoms. The molecule has 11 heteroatoms. The average Bonchev–Trinajstić information content (AvgIpc) is 2.99. The van der Waals surface area contributed by atoms with Gasteiger partial charge >= 0.3 is 0 Å². The minimum absolute atomic E-state index is 0.0000975. The number of morpholine rings is 1. The van der Waals surface area contributed by atoms with Crippen LogP contribution in [0.1, 0.15) is 40.2 Å². The van der Waals surface area contributed by atoms with Crippen LogP contribution in [0.2, 0.25) is 0 Å². The van der Waals surface area contributed by atoms with Gasteiger partial charge in [0.2, 0.25) is 17.6 Å². The standard InChI is InChI=1S/C33H44N6O5/c1-23-10-8-11-24(2)30(23)34-28(41)21-37(5)15-7-6-14-36(4)20-27(40)32-35-31-25(3)12-9-13-26(31)33(43)39(32)22-29(42)38-16-18-44-19-17-38/h8-13H,6-7,14-22H2,1-5H3,(H,34,41). The predicted molar refractivity (Wildman–Crippen MR) is 171 cm³/mol. The van der Waals surface area contributed by atoms with Crippen molar-refractivity contribution in [3.63, 3.8) is 0 Å². The lowest BCUT2D eigenvalue weighted by Gasteiger charge is -2.27. The SMILES string of the molecule is Cc1cccc(C)c1NC(=O)CN(C)CCCCN(C)CC(=O)c1nc2c(C)cccc2c(=O)n1CC(=O)N1CCOCC1. The van der Waals surface area contributed by atoms with Crippen molar-refractivity contribution in [1.82, 2.24) is 24.3 Å². The van der Waals surface area contributed by atoms with E-state index >= 15 is 0 Å². The smallest absolute Gasteiger partial charge is 0.262 e.